The molecule has 104 valence electrons. The summed E-state index contributed by atoms with van der Waals surface area (Å²) in [5.74, 6) is -0.888. The average molecular weight is 259 g/mol. The topological polar surface area (TPSA) is 88.0 Å². The van der Waals surface area contributed by atoms with Crippen molar-refractivity contribution < 1.29 is 24.5 Å². The van der Waals surface area contributed by atoms with E-state index >= 15 is 0 Å². The van der Waals surface area contributed by atoms with E-state index in [1.54, 1.807) is 0 Å². The monoisotopic (exact) mass is 259 g/mol. The molecule has 2 aliphatic rings. The number of hydrogen-bond donors (Lipinski definition) is 3. The van der Waals surface area contributed by atoms with Crippen molar-refractivity contribution in [2.45, 2.75) is 43.5 Å². The zero-order valence-electron chi connectivity index (χ0n) is 10.4. The van der Waals surface area contributed by atoms with Gasteiger partial charge in [-0.15, -0.1) is 0 Å². The second kappa shape index (κ2) is 5.97. The smallest absolute Gasteiger partial charge is 0.332 e. The maximum atomic E-state index is 10.7. The van der Waals surface area contributed by atoms with Gasteiger partial charge in [-0.1, -0.05) is 0 Å². The molecule has 2 saturated heterocycles. The highest BCUT2D eigenvalue weighted by Crippen LogP contribution is 2.21. The Morgan fingerprint density at radius 2 is 2.06 bits per heavy atom. The lowest BCUT2D eigenvalue weighted by atomic mass is 9.94. The molecule has 6 heteroatoms. The zero-order chi connectivity index (χ0) is 13.0. The molecule has 6 nitrogen and oxygen atoms in total. The Morgan fingerprint density at radius 3 is 2.67 bits per heavy atom. The van der Waals surface area contributed by atoms with Gasteiger partial charge in [-0.25, -0.2) is 4.79 Å². The number of carboxylic acids is 1. The molecule has 3 N–H and O–H groups in total. The minimum absolute atomic E-state index is 0.0606. The van der Waals surface area contributed by atoms with Gasteiger partial charge in [0.25, 0.3) is 0 Å². The van der Waals surface area contributed by atoms with Crippen molar-refractivity contribution in [1.82, 2.24) is 5.32 Å². The van der Waals surface area contributed by atoms with Gasteiger partial charge >= 0.3 is 5.97 Å². The summed E-state index contributed by atoms with van der Waals surface area (Å²) in [4.78, 5) is 10.7. The summed E-state index contributed by atoms with van der Waals surface area (Å²) in [6, 6.07) is 0. The van der Waals surface area contributed by atoms with Gasteiger partial charge in [-0.05, 0) is 12.8 Å². The fourth-order valence-corrected chi connectivity index (χ4v) is 2.43. The predicted molar refractivity (Wildman–Crippen MR) is 63.4 cm³/mol. The van der Waals surface area contributed by atoms with Crippen LogP contribution >= 0.6 is 0 Å². The number of rotatable bonds is 5. The van der Waals surface area contributed by atoms with E-state index in [-0.39, 0.29) is 6.10 Å². The Bertz CT molecular complexity index is 290. The second-order valence-electron chi connectivity index (χ2n) is 5.13. The van der Waals surface area contributed by atoms with Crippen LogP contribution in [0.25, 0.3) is 0 Å². The second-order valence-corrected chi connectivity index (χ2v) is 5.13. The molecular weight excluding hydrogens is 238 g/mol. The van der Waals surface area contributed by atoms with E-state index in [0.717, 1.165) is 6.42 Å². The van der Waals surface area contributed by atoms with Crippen LogP contribution in [0.5, 0.6) is 0 Å². The van der Waals surface area contributed by atoms with Crippen molar-refractivity contribution in [3.63, 3.8) is 0 Å². The van der Waals surface area contributed by atoms with Crippen molar-refractivity contribution in [3.05, 3.63) is 0 Å². The minimum Gasteiger partial charge on any atom is -0.479 e. The maximum Gasteiger partial charge on any atom is 0.332 e. The summed E-state index contributed by atoms with van der Waals surface area (Å²) in [5.41, 5.74) is -0.691. The largest absolute Gasteiger partial charge is 0.479 e. The molecule has 0 radical (unpaired) electrons. The first-order chi connectivity index (χ1) is 8.59. The van der Waals surface area contributed by atoms with E-state index in [1.807, 2.05) is 0 Å². The van der Waals surface area contributed by atoms with E-state index in [2.05, 4.69) is 5.32 Å². The van der Waals surface area contributed by atoms with Gasteiger partial charge in [0.2, 0.25) is 0 Å². The highest BCUT2D eigenvalue weighted by Gasteiger charge is 2.32. The number of aliphatic hydroxyl groups is 1. The third-order valence-electron chi connectivity index (χ3n) is 3.63. The lowest BCUT2D eigenvalue weighted by Crippen LogP contribution is -2.46. The fourth-order valence-electron chi connectivity index (χ4n) is 2.43. The first kappa shape index (κ1) is 13.7. The Balaban J connectivity index is 1.65. The first-order valence-electron chi connectivity index (χ1n) is 6.48. The van der Waals surface area contributed by atoms with E-state index in [9.17, 15) is 9.90 Å². The number of ether oxygens (including phenoxy) is 2. The van der Waals surface area contributed by atoms with Gasteiger partial charge in [-0.3, -0.25) is 0 Å². The molecule has 0 saturated carbocycles. The van der Waals surface area contributed by atoms with Gasteiger partial charge in [0, 0.05) is 39.1 Å². The van der Waals surface area contributed by atoms with Crippen LogP contribution in [0.3, 0.4) is 0 Å². The number of hydrogen-bond acceptors (Lipinski definition) is 5. The summed E-state index contributed by atoms with van der Waals surface area (Å²) in [5, 5.41) is 22.2. The summed E-state index contributed by atoms with van der Waals surface area (Å²) in [6.07, 6.45) is 1.88. The third kappa shape index (κ3) is 3.65. The molecule has 0 bridgehead atoms. The molecule has 2 rings (SSSR count). The van der Waals surface area contributed by atoms with Crippen molar-refractivity contribution >= 4 is 5.97 Å². The van der Waals surface area contributed by atoms with Crippen LogP contribution in [-0.2, 0) is 14.3 Å². The minimum atomic E-state index is -0.888. The summed E-state index contributed by atoms with van der Waals surface area (Å²) < 4.78 is 10.6. The maximum absolute atomic E-state index is 10.7. The van der Waals surface area contributed by atoms with Gasteiger partial charge in [0.1, 0.15) is 0 Å². The molecule has 2 atom stereocenters. The van der Waals surface area contributed by atoms with Gasteiger partial charge in [-0.2, -0.15) is 0 Å². The van der Waals surface area contributed by atoms with Crippen LogP contribution in [0.4, 0.5) is 0 Å². The number of carboxylic acid groups (broad SMARTS) is 1. The Morgan fingerprint density at radius 1 is 1.33 bits per heavy atom. The third-order valence-corrected chi connectivity index (χ3v) is 3.63. The first-order valence-corrected chi connectivity index (χ1v) is 6.48. The SMILES string of the molecule is O=C(O)C1CCC(CNCC2(O)CCOCC2)O1. The van der Waals surface area contributed by atoms with Gasteiger partial charge in [0.05, 0.1) is 11.7 Å². The molecule has 18 heavy (non-hydrogen) atoms. The van der Waals surface area contributed by atoms with Crippen LogP contribution in [0, 0.1) is 0 Å². The van der Waals surface area contributed by atoms with E-state index in [4.69, 9.17) is 14.6 Å². The molecule has 2 aliphatic heterocycles. The van der Waals surface area contributed by atoms with Crippen molar-refractivity contribution in [3.8, 4) is 0 Å². The van der Waals surface area contributed by atoms with Gasteiger partial charge in [0.15, 0.2) is 6.10 Å². The summed E-state index contributed by atoms with van der Waals surface area (Å²) in [6.45, 7) is 2.29. The van der Waals surface area contributed by atoms with Crippen molar-refractivity contribution in [2.24, 2.45) is 0 Å². The molecule has 2 heterocycles. The summed E-state index contributed by atoms with van der Waals surface area (Å²) in [7, 11) is 0. The zero-order valence-corrected chi connectivity index (χ0v) is 10.4. The highest BCUT2D eigenvalue weighted by molar-refractivity contribution is 5.72. The molecular formula is C12H21NO5. The highest BCUT2D eigenvalue weighted by atomic mass is 16.5. The number of aliphatic carboxylic acids is 1. The van der Waals surface area contributed by atoms with E-state index < -0.39 is 17.7 Å². The fraction of sp³-hybridized carbons (Fsp3) is 0.917. The van der Waals surface area contributed by atoms with Crippen LogP contribution in [0.1, 0.15) is 25.7 Å². The van der Waals surface area contributed by atoms with Crippen LogP contribution in [0.15, 0.2) is 0 Å². The van der Waals surface area contributed by atoms with E-state index in [0.29, 0.717) is 45.6 Å². The quantitative estimate of drug-likeness (QED) is 0.631. The lowest BCUT2D eigenvalue weighted by molar-refractivity contribution is -0.149. The molecule has 2 fully saturated rings. The van der Waals surface area contributed by atoms with E-state index in [1.165, 1.54) is 0 Å². The van der Waals surface area contributed by atoms with Gasteiger partial charge < -0.3 is 25.0 Å². The Hall–Kier alpha value is -0.690. The predicted octanol–water partition coefficient (Wildman–Crippen LogP) is -0.250. The molecule has 0 aromatic heterocycles. The molecule has 2 unspecified atom stereocenters. The number of carbonyl (C=O) groups is 1. The molecule has 0 amide bonds. The molecule has 0 aliphatic carbocycles. The van der Waals surface area contributed by atoms with Crippen molar-refractivity contribution in [2.75, 3.05) is 26.3 Å². The summed E-state index contributed by atoms with van der Waals surface area (Å²) >= 11 is 0. The van der Waals surface area contributed by atoms with Crippen LogP contribution < -0.4 is 5.32 Å². The lowest BCUT2D eigenvalue weighted by Gasteiger charge is -2.32. The molecule has 0 aromatic rings. The molecule has 0 aromatic carbocycles. The average Bonchev–Trinajstić information content (AvgIpc) is 2.78. The number of nitrogens with one attached hydrogen (secondary N) is 1. The van der Waals surface area contributed by atoms with Crippen LogP contribution in [0.2, 0.25) is 0 Å². The molecule has 0 spiro atoms. The Kier molecular flexibility index (Phi) is 4.55. The standard InChI is InChI=1S/C12H21NO5/c14-11(15)10-2-1-9(18-10)7-13-8-12(16)3-5-17-6-4-12/h9-10,13,16H,1-8H2,(H,14,15). The Labute approximate surface area is 106 Å². The van der Waals surface area contributed by atoms with Crippen LogP contribution in [-0.4, -0.2) is 60.3 Å². The van der Waals surface area contributed by atoms with Crippen molar-refractivity contribution in [1.29, 1.82) is 0 Å². The normalized spacial score (nSPS) is 31.4.